The number of carbonyl (C=O) groups is 1. The van der Waals surface area contributed by atoms with E-state index in [1.165, 1.54) is 18.5 Å². The number of methoxy groups -OCH3 is 1. The van der Waals surface area contributed by atoms with Crippen molar-refractivity contribution in [1.29, 1.82) is 0 Å². The van der Waals surface area contributed by atoms with Crippen LogP contribution in [0.3, 0.4) is 0 Å². The molecule has 0 saturated carbocycles. The number of piperidine rings is 1. The fourth-order valence-electron chi connectivity index (χ4n) is 3.92. The highest BCUT2D eigenvalue weighted by Crippen LogP contribution is 2.22. The van der Waals surface area contributed by atoms with E-state index in [1.54, 1.807) is 7.11 Å². The number of ether oxygens (including phenoxy) is 1. The first-order valence-electron chi connectivity index (χ1n) is 9.55. The van der Waals surface area contributed by atoms with Gasteiger partial charge in [-0.3, -0.25) is 4.79 Å². The van der Waals surface area contributed by atoms with Gasteiger partial charge in [0.1, 0.15) is 5.75 Å². The Balaban J connectivity index is 1.44. The summed E-state index contributed by atoms with van der Waals surface area (Å²) in [6, 6.07) is 8.16. The van der Waals surface area contributed by atoms with Crippen molar-refractivity contribution in [2.45, 2.75) is 26.2 Å². The number of piperazine rings is 1. The summed E-state index contributed by atoms with van der Waals surface area (Å²) < 4.78 is 5.31. The van der Waals surface area contributed by atoms with Crippen molar-refractivity contribution in [1.82, 2.24) is 9.80 Å². The molecule has 2 aliphatic rings. The van der Waals surface area contributed by atoms with E-state index in [-0.39, 0.29) is 0 Å². The summed E-state index contributed by atoms with van der Waals surface area (Å²) in [5.41, 5.74) is 1.17. The molecule has 2 saturated heterocycles. The van der Waals surface area contributed by atoms with Gasteiger partial charge >= 0.3 is 0 Å². The lowest BCUT2D eigenvalue weighted by Crippen LogP contribution is -2.49. The second-order valence-electron chi connectivity index (χ2n) is 7.37. The maximum Gasteiger partial charge on any atom is 0.223 e. The van der Waals surface area contributed by atoms with Crippen molar-refractivity contribution in [2.24, 2.45) is 5.92 Å². The molecule has 0 bridgehead atoms. The molecule has 3 rings (SSSR count). The summed E-state index contributed by atoms with van der Waals surface area (Å²) >= 11 is 0. The van der Waals surface area contributed by atoms with Gasteiger partial charge in [0.25, 0.3) is 0 Å². The number of hydrogen-bond donors (Lipinski definition) is 0. The number of likely N-dealkylation sites (tertiary alicyclic amines) is 1. The summed E-state index contributed by atoms with van der Waals surface area (Å²) in [5.74, 6) is 1.96. The molecule has 5 heteroatoms. The summed E-state index contributed by atoms with van der Waals surface area (Å²) in [6.07, 6.45) is 3.26. The molecule has 0 N–H and O–H groups in total. The number of benzene rings is 1. The summed E-state index contributed by atoms with van der Waals surface area (Å²) in [5, 5.41) is 0. The quantitative estimate of drug-likeness (QED) is 0.821. The molecule has 2 aliphatic heterocycles. The predicted molar refractivity (Wildman–Crippen MR) is 101 cm³/mol. The Morgan fingerprint density at radius 3 is 2.72 bits per heavy atom. The number of nitrogens with zero attached hydrogens (tertiary/aromatic N) is 3. The Morgan fingerprint density at radius 1 is 1.20 bits per heavy atom. The van der Waals surface area contributed by atoms with Crippen molar-refractivity contribution >= 4 is 11.6 Å². The van der Waals surface area contributed by atoms with Crippen molar-refractivity contribution in [3.05, 3.63) is 24.3 Å². The number of anilines is 1. The third-order valence-electron chi connectivity index (χ3n) is 5.43. The van der Waals surface area contributed by atoms with E-state index in [4.69, 9.17) is 4.74 Å². The van der Waals surface area contributed by atoms with Crippen molar-refractivity contribution in [2.75, 3.05) is 57.8 Å². The van der Waals surface area contributed by atoms with Crippen LogP contribution in [-0.4, -0.2) is 68.6 Å². The van der Waals surface area contributed by atoms with Gasteiger partial charge in [0.15, 0.2) is 0 Å². The standard InChI is InChI=1S/C20H31N3O2/c1-17-5-4-9-21(16-17)10-8-20(24)23-13-11-22(12-14-23)18-6-3-7-19(15-18)25-2/h3,6-7,15,17H,4-5,8-14,16H2,1-2H3/t17-/m0/s1. The van der Waals surface area contributed by atoms with Gasteiger partial charge in [-0.15, -0.1) is 0 Å². The predicted octanol–water partition coefficient (Wildman–Crippen LogP) is 2.47. The molecule has 0 aliphatic carbocycles. The Bertz CT molecular complexity index is 570. The van der Waals surface area contributed by atoms with Crippen LogP contribution < -0.4 is 9.64 Å². The minimum atomic E-state index is 0.309. The first kappa shape index (κ1) is 18.1. The van der Waals surface area contributed by atoms with E-state index in [1.807, 2.05) is 17.0 Å². The van der Waals surface area contributed by atoms with Crippen molar-refractivity contribution in [3.63, 3.8) is 0 Å². The summed E-state index contributed by atoms with van der Waals surface area (Å²) in [6.45, 7) is 8.93. The van der Waals surface area contributed by atoms with Crippen LogP contribution in [0, 0.1) is 5.92 Å². The molecule has 5 nitrogen and oxygen atoms in total. The Kier molecular flexibility index (Phi) is 6.19. The fraction of sp³-hybridized carbons (Fsp3) is 0.650. The van der Waals surface area contributed by atoms with E-state index >= 15 is 0 Å². The second-order valence-corrected chi connectivity index (χ2v) is 7.37. The Hall–Kier alpha value is -1.75. The van der Waals surface area contributed by atoms with Crippen molar-refractivity contribution in [3.8, 4) is 5.75 Å². The van der Waals surface area contributed by atoms with Gasteiger partial charge in [-0.05, 0) is 37.4 Å². The molecule has 0 aromatic heterocycles. The average molecular weight is 345 g/mol. The molecule has 2 heterocycles. The topological polar surface area (TPSA) is 36.0 Å². The molecule has 25 heavy (non-hydrogen) atoms. The number of carbonyl (C=O) groups excluding carboxylic acids is 1. The molecular formula is C20H31N3O2. The summed E-state index contributed by atoms with van der Waals surface area (Å²) in [4.78, 5) is 19.3. The smallest absolute Gasteiger partial charge is 0.223 e. The van der Waals surface area contributed by atoms with Gasteiger partial charge in [-0.25, -0.2) is 0 Å². The van der Waals surface area contributed by atoms with Crippen molar-refractivity contribution < 1.29 is 9.53 Å². The highest BCUT2D eigenvalue weighted by molar-refractivity contribution is 5.76. The largest absolute Gasteiger partial charge is 0.497 e. The van der Waals surface area contributed by atoms with Crippen LogP contribution in [0.2, 0.25) is 0 Å². The molecule has 0 radical (unpaired) electrons. The van der Waals surface area contributed by atoms with E-state index in [0.29, 0.717) is 12.3 Å². The van der Waals surface area contributed by atoms with Gasteiger partial charge in [0.05, 0.1) is 7.11 Å². The van der Waals surface area contributed by atoms with Crippen LogP contribution in [0.15, 0.2) is 24.3 Å². The lowest BCUT2D eigenvalue weighted by molar-refractivity contribution is -0.131. The third kappa shape index (κ3) is 4.88. The minimum absolute atomic E-state index is 0.309. The molecule has 0 unspecified atom stereocenters. The zero-order chi connectivity index (χ0) is 17.6. The minimum Gasteiger partial charge on any atom is -0.497 e. The summed E-state index contributed by atoms with van der Waals surface area (Å²) in [7, 11) is 1.69. The zero-order valence-corrected chi connectivity index (χ0v) is 15.6. The van der Waals surface area contributed by atoms with E-state index < -0.39 is 0 Å². The molecule has 2 fully saturated rings. The lowest BCUT2D eigenvalue weighted by Gasteiger charge is -2.37. The number of rotatable bonds is 5. The van der Waals surface area contributed by atoms with Crippen LogP contribution in [0.25, 0.3) is 0 Å². The first-order valence-corrected chi connectivity index (χ1v) is 9.55. The van der Waals surface area contributed by atoms with Gasteiger partial charge in [0.2, 0.25) is 5.91 Å². The molecule has 138 valence electrons. The third-order valence-corrected chi connectivity index (χ3v) is 5.43. The van der Waals surface area contributed by atoms with Gasteiger partial charge in [0, 0.05) is 57.4 Å². The molecular weight excluding hydrogens is 314 g/mol. The van der Waals surface area contributed by atoms with E-state index in [2.05, 4.69) is 28.9 Å². The molecule has 1 amide bonds. The van der Waals surface area contributed by atoms with Crippen LogP contribution in [0.4, 0.5) is 5.69 Å². The number of hydrogen-bond acceptors (Lipinski definition) is 4. The lowest BCUT2D eigenvalue weighted by atomic mass is 10.0. The van der Waals surface area contributed by atoms with Gasteiger partial charge in [-0.2, -0.15) is 0 Å². The van der Waals surface area contributed by atoms with Gasteiger partial charge in [-0.1, -0.05) is 13.0 Å². The number of amides is 1. The van der Waals surface area contributed by atoms with Gasteiger partial charge < -0.3 is 19.4 Å². The molecule has 1 aromatic carbocycles. The molecule has 1 aromatic rings. The molecule has 1 atom stereocenters. The van der Waals surface area contributed by atoms with E-state index in [0.717, 1.165) is 57.5 Å². The SMILES string of the molecule is COc1cccc(N2CCN(C(=O)CCN3CCC[C@H](C)C3)CC2)c1. The normalized spacial score (nSPS) is 22.1. The highest BCUT2D eigenvalue weighted by atomic mass is 16.5. The maximum absolute atomic E-state index is 12.5. The average Bonchev–Trinajstić information content (AvgIpc) is 2.66. The monoisotopic (exact) mass is 345 g/mol. The van der Waals surface area contributed by atoms with Crippen LogP contribution in [-0.2, 0) is 4.79 Å². The Labute approximate surface area is 151 Å². The fourth-order valence-corrected chi connectivity index (χ4v) is 3.92. The van der Waals surface area contributed by atoms with Crippen LogP contribution in [0.1, 0.15) is 26.2 Å². The van der Waals surface area contributed by atoms with E-state index in [9.17, 15) is 4.79 Å². The molecule has 0 spiro atoms. The van der Waals surface area contributed by atoms with Crippen LogP contribution in [0.5, 0.6) is 5.75 Å². The van der Waals surface area contributed by atoms with Crippen LogP contribution >= 0.6 is 0 Å². The Morgan fingerprint density at radius 2 is 2.00 bits per heavy atom. The maximum atomic E-state index is 12.5. The second kappa shape index (κ2) is 8.56. The highest BCUT2D eigenvalue weighted by Gasteiger charge is 2.23. The zero-order valence-electron chi connectivity index (χ0n) is 15.6. The first-order chi connectivity index (χ1) is 12.2.